The minimum atomic E-state index is -0.0573. The van der Waals surface area contributed by atoms with E-state index in [-0.39, 0.29) is 5.91 Å². The maximum Gasteiger partial charge on any atom is 0.258 e. The summed E-state index contributed by atoms with van der Waals surface area (Å²) in [5.74, 6) is 1.79. The van der Waals surface area contributed by atoms with Crippen LogP contribution in [0.4, 0.5) is 17.1 Å². The molecule has 2 heterocycles. The summed E-state index contributed by atoms with van der Waals surface area (Å²) in [7, 11) is 1.80. The Bertz CT molecular complexity index is 1420. The topological polar surface area (TPSA) is 62.0 Å². The highest BCUT2D eigenvalue weighted by Crippen LogP contribution is 2.40. The van der Waals surface area contributed by atoms with Crippen molar-refractivity contribution in [3.63, 3.8) is 0 Å². The monoisotopic (exact) mass is 518 g/mol. The van der Waals surface area contributed by atoms with Gasteiger partial charge in [0.2, 0.25) is 0 Å². The second kappa shape index (κ2) is 10.8. The van der Waals surface area contributed by atoms with Crippen LogP contribution in [0.15, 0.2) is 108 Å². The van der Waals surface area contributed by atoms with Gasteiger partial charge in [-0.15, -0.1) is 0 Å². The number of fused-ring (bicyclic) bond motifs is 1. The molecular weight excluding hydrogens is 484 g/mol. The zero-order valence-corrected chi connectivity index (χ0v) is 22.3. The number of ether oxygens (including phenoxy) is 1. The highest BCUT2D eigenvalue weighted by molar-refractivity contribution is 6.06. The van der Waals surface area contributed by atoms with Gasteiger partial charge in [-0.25, -0.2) is 0 Å². The molecule has 198 valence electrons. The number of nitrogens with zero attached hydrogens (tertiary/aromatic N) is 3. The molecule has 1 unspecified atom stereocenters. The van der Waals surface area contributed by atoms with Gasteiger partial charge in [-0.05, 0) is 117 Å². The van der Waals surface area contributed by atoms with E-state index in [1.54, 1.807) is 24.1 Å². The summed E-state index contributed by atoms with van der Waals surface area (Å²) in [5.41, 5.74) is 11.8. The zero-order chi connectivity index (χ0) is 26.8. The summed E-state index contributed by atoms with van der Waals surface area (Å²) in [6, 6.07) is 22.7. The normalized spacial score (nSPS) is 18.5. The number of benzene rings is 3. The first kappa shape index (κ1) is 25.0. The van der Waals surface area contributed by atoms with E-state index in [9.17, 15) is 4.79 Å². The number of hydrogen-bond acceptors (Lipinski definition) is 5. The van der Waals surface area contributed by atoms with Gasteiger partial charge in [-0.2, -0.15) is 0 Å². The molecule has 0 aromatic heterocycles. The molecule has 0 radical (unpaired) electrons. The molecule has 3 aromatic carbocycles. The SMILES string of the molecule is CN(C(=O)c1ccc(N2C=C(CN3CCCC3)C3CC=CC=C32)cc1)c1ccc(Oc2ccc(N)cc2)cc1. The average molecular weight is 519 g/mol. The lowest BCUT2D eigenvalue weighted by atomic mass is 9.91. The Hall–Kier alpha value is -4.29. The lowest BCUT2D eigenvalue weighted by Gasteiger charge is -2.25. The van der Waals surface area contributed by atoms with Crippen molar-refractivity contribution in [3.8, 4) is 11.5 Å². The fraction of sp³-hybridized carbons (Fsp3) is 0.242. The van der Waals surface area contributed by atoms with Crippen LogP contribution in [-0.4, -0.2) is 37.5 Å². The first-order valence-corrected chi connectivity index (χ1v) is 13.7. The molecule has 1 amide bonds. The first-order chi connectivity index (χ1) is 19.0. The number of allylic oxidation sites excluding steroid dienone is 4. The summed E-state index contributed by atoms with van der Waals surface area (Å²) in [6.07, 6.45) is 12.6. The van der Waals surface area contributed by atoms with Gasteiger partial charge in [0.05, 0.1) is 0 Å². The number of anilines is 3. The van der Waals surface area contributed by atoms with Crippen LogP contribution in [-0.2, 0) is 0 Å². The number of rotatable bonds is 7. The van der Waals surface area contributed by atoms with Crippen molar-refractivity contribution in [2.45, 2.75) is 19.3 Å². The molecule has 6 nitrogen and oxygen atoms in total. The summed E-state index contributed by atoms with van der Waals surface area (Å²) in [6.45, 7) is 3.43. The van der Waals surface area contributed by atoms with Gasteiger partial charge in [-0.3, -0.25) is 9.69 Å². The molecule has 1 atom stereocenters. The zero-order valence-electron chi connectivity index (χ0n) is 22.3. The molecule has 3 aliphatic rings. The third-order valence-electron chi connectivity index (χ3n) is 7.79. The fourth-order valence-electron chi connectivity index (χ4n) is 5.60. The lowest BCUT2D eigenvalue weighted by molar-refractivity contribution is 0.0993. The van der Waals surface area contributed by atoms with Crippen LogP contribution in [0.25, 0.3) is 0 Å². The van der Waals surface area contributed by atoms with E-state index in [0.717, 1.165) is 24.3 Å². The van der Waals surface area contributed by atoms with Gasteiger partial charge < -0.3 is 20.3 Å². The van der Waals surface area contributed by atoms with Crippen molar-refractivity contribution >= 4 is 23.0 Å². The molecule has 0 spiro atoms. The van der Waals surface area contributed by atoms with Gasteiger partial charge in [0, 0.05) is 54.0 Å². The summed E-state index contributed by atoms with van der Waals surface area (Å²) in [4.78, 5) is 19.8. The number of carbonyl (C=O) groups is 1. The van der Waals surface area contributed by atoms with Crippen LogP contribution in [0.3, 0.4) is 0 Å². The number of amides is 1. The predicted octanol–water partition coefficient (Wildman–Crippen LogP) is 6.60. The highest BCUT2D eigenvalue weighted by atomic mass is 16.5. The first-order valence-electron chi connectivity index (χ1n) is 13.7. The van der Waals surface area contributed by atoms with Crippen LogP contribution in [0.1, 0.15) is 29.6 Å². The quantitative estimate of drug-likeness (QED) is 0.357. The van der Waals surface area contributed by atoms with Crippen LogP contribution < -0.4 is 20.3 Å². The number of carbonyl (C=O) groups excluding carboxylic acids is 1. The van der Waals surface area contributed by atoms with E-state index in [0.29, 0.717) is 28.7 Å². The van der Waals surface area contributed by atoms with E-state index < -0.39 is 0 Å². The fourth-order valence-corrected chi connectivity index (χ4v) is 5.60. The van der Waals surface area contributed by atoms with Crippen molar-refractivity contribution in [1.82, 2.24) is 4.90 Å². The average Bonchev–Trinajstić information content (AvgIpc) is 3.62. The van der Waals surface area contributed by atoms with Crippen molar-refractivity contribution in [3.05, 3.63) is 114 Å². The number of nitrogen functional groups attached to an aromatic ring is 1. The Morgan fingerprint density at radius 3 is 2.31 bits per heavy atom. The van der Waals surface area contributed by atoms with Gasteiger partial charge in [0.15, 0.2) is 0 Å². The molecule has 2 aliphatic heterocycles. The summed E-state index contributed by atoms with van der Waals surface area (Å²) in [5, 5.41) is 0. The van der Waals surface area contributed by atoms with Crippen molar-refractivity contribution in [1.29, 1.82) is 0 Å². The second-order valence-corrected chi connectivity index (χ2v) is 10.4. The van der Waals surface area contributed by atoms with Gasteiger partial charge in [0.1, 0.15) is 11.5 Å². The molecule has 0 saturated carbocycles. The minimum Gasteiger partial charge on any atom is -0.457 e. The smallest absolute Gasteiger partial charge is 0.258 e. The van der Waals surface area contributed by atoms with E-state index in [1.165, 1.54) is 37.2 Å². The van der Waals surface area contributed by atoms with E-state index in [4.69, 9.17) is 10.5 Å². The number of hydrogen-bond donors (Lipinski definition) is 1. The second-order valence-electron chi connectivity index (χ2n) is 10.4. The standard InChI is InChI=1S/C33H34N4O2/c1-35(27-14-18-30(19-15-27)39-29-16-10-26(34)11-17-29)33(38)24-8-12-28(13-9-24)37-23-25(22-36-20-4-5-21-36)31-6-2-3-7-32(31)37/h2-3,7-19,23,31H,4-6,20-22,34H2,1H3. The van der Waals surface area contributed by atoms with Crippen molar-refractivity contribution in [2.75, 3.05) is 42.2 Å². The molecular formula is C33H34N4O2. The summed E-state index contributed by atoms with van der Waals surface area (Å²) < 4.78 is 5.88. The summed E-state index contributed by atoms with van der Waals surface area (Å²) >= 11 is 0. The molecule has 6 heteroatoms. The molecule has 1 aliphatic carbocycles. The molecule has 1 saturated heterocycles. The van der Waals surface area contributed by atoms with Crippen LogP contribution >= 0.6 is 0 Å². The Morgan fingerprint density at radius 2 is 1.62 bits per heavy atom. The largest absolute Gasteiger partial charge is 0.457 e. The maximum absolute atomic E-state index is 13.3. The Balaban J connectivity index is 1.14. The van der Waals surface area contributed by atoms with Crippen molar-refractivity contribution < 1.29 is 9.53 Å². The predicted molar refractivity (Wildman–Crippen MR) is 158 cm³/mol. The van der Waals surface area contributed by atoms with Crippen LogP contribution in [0.5, 0.6) is 11.5 Å². The third-order valence-corrected chi connectivity index (χ3v) is 7.79. The Kier molecular flexibility index (Phi) is 6.95. The van der Waals surface area contributed by atoms with Crippen LogP contribution in [0.2, 0.25) is 0 Å². The molecule has 2 N–H and O–H groups in total. The number of likely N-dealkylation sites (tertiary alicyclic amines) is 1. The Morgan fingerprint density at radius 1 is 0.949 bits per heavy atom. The van der Waals surface area contributed by atoms with Gasteiger partial charge >= 0.3 is 0 Å². The molecule has 1 fully saturated rings. The molecule has 39 heavy (non-hydrogen) atoms. The maximum atomic E-state index is 13.3. The Labute approximate surface area is 230 Å². The lowest BCUT2D eigenvalue weighted by Crippen LogP contribution is -2.26. The number of nitrogens with two attached hydrogens (primary N) is 1. The molecule has 0 bridgehead atoms. The molecule has 6 rings (SSSR count). The van der Waals surface area contributed by atoms with Crippen LogP contribution in [0, 0.1) is 5.92 Å². The van der Waals surface area contributed by atoms with Gasteiger partial charge in [0.25, 0.3) is 5.91 Å². The van der Waals surface area contributed by atoms with E-state index >= 15 is 0 Å². The minimum absolute atomic E-state index is 0.0573. The highest BCUT2D eigenvalue weighted by Gasteiger charge is 2.32. The van der Waals surface area contributed by atoms with Crippen molar-refractivity contribution in [2.24, 2.45) is 5.92 Å². The van der Waals surface area contributed by atoms with E-state index in [2.05, 4.69) is 46.4 Å². The van der Waals surface area contributed by atoms with E-state index in [1.807, 2.05) is 48.5 Å². The van der Waals surface area contributed by atoms with Gasteiger partial charge in [-0.1, -0.05) is 12.2 Å². The third kappa shape index (κ3) is 5.33. The molecule has 3 aromatic rings.